The topological polar surface area (TPSA) is 64.4 Å². The largest absolute Gasteiger partial charge is 0.378 e. The van der Waals surface area contributed by atoms with Gasteiger partial charge in [-0.2, -0.15) is 5.10 Å². The maximum atomic E-state index is 13.4. The van der Waals surface area contributed by atoms with Crippen LogP contribution in [-0.2, 0) is 11.8 Å². The summed E-state index contributed by atoms with van der Waals surface area (Å²) in [5, 5.41) is 5.09. The van der Waals surface area contributed by atoms with Crippen molar-refractivity contribution in [2.24, 2.45) is 7.05 Å². The zero-order chi connectivity index (χ0) is 21.8. The number of carbonyl (C=O) groups is 1. The summed E-state index contributed by atoms with van der Waals surface area (Å²) in [7, 11) is 1.61. The predicted octanol–water partition coefficient (Wildman–Crippen LogP) is 3.83. The first-order valence-corrected chi connectivity index (χ1v) is 10.4. The molecule has 1 aliphatic heterocycles. The van der Waals surface area contributed by atoms with Crippen molar-refractivity contribution >= 4 is 29.1 Å². The predicted molar refractivity (Wildman–Crippen MR) is 123 cm³/mol. The molecule has 4 rings (SSSR count). The molecule has 7 heteroatoms. The van der Waals surface area contributed by atoms with E-state index >= 15 is 0 Å². The van der Waals surface area contributed by atoms with E-state index in [0.29, 0.717) is 48.3 Å². The number of ketones is 1. The molecule has 158 valence electrons. The first-order chi connectivity index (χ1) is 15.0. The summed E-state index contributed by atoms with van der Waals surface area (Å²) in [5.74, 6) is -0.277. The number of hydrogen-bond donors (Lipinski definition) is 0. The number of anilines is 1. The first kappa shape index (κ1) is 21.0. The van der Waals surface area contributed by atoms with Crippen LogP contribution in [0.1, 0.15) is 15.9 Å². The highest BCUT2D eigenvalue weighted by molar-refractivity contribution is 6.30. The molecule has 1 aromatic heterocycles. The van der Waals surface area contributed by atoms with Crippen molar-refractivity contribution in [3.8, 4) is 11.3 Å². The normalized spacial score (nSPS) is 14.2. The number of carbonyl (C=O) groups excluding carboxylic acids is 1. The third-order valence-corrected chi connectivity index (χ3v) is 5.39. The number of morpholine rings is 1. The van der Waals surface area contributed by atoms with Crippen molar-refractivity contribution < 1.29 is 9.53 Å². The summed E-state index contributed by atoms with van der Waals surface area (Å²) in [6.45, 7) is 2.07. The molecule has 1 aliphatic rings. The summed E-state index contributed by atoms with van der Waals surface area (Å²) >= 11 is 5.95. The lowest BCUT2D eigenvalue weighted by molar-refractivity contribution is 0.104. The van der Waals surface area contributed by atoms with Crippen LogP contribution in [-0.4, -0.2) is 41.9 Å². The summed E-state index contributed by atoms with van der Waals surface area (Å²) in [4.78, 5) is 28.5. The molecule has 1 saturated heterocycles. The van der Waals surface area contributed by atoms with Crippen molar-refractivity contribution in [1.82, 2.24) is 9.78 Å². The molecule has 0 N–H and O–H groups in total. The van der Waals surface area contributed by atoms with E-state index in [1.165, 1.54) is 10.8 Å². The Labute approximate surface area is 185 Å². The Kier molecular flexibility index (Phi) is 6.30. The number of allylic oxidation sites excluding steroid dienone is 1. The molecular formula is C24H22ClN3O3. The molecule has 0 amide bonds. The Morgan fingerprint density at radius 1 is 1.06 bits per heavy atom. The Hall–Kier alpha value is -3.22. The average Bonchev–Trinajstić information content (AvgIpc) is 2.81. The lowest BCUT2D eigenvalue weighted by Crippen LogP contribution is -2.42. The number of halogens is 1. The highest BCUT2D eigenvalue weighted by Crippen LogP contribution is 2.28. The van der Waals surface area contributed by atoms with Gasteiger partial charge in [0.15, 0.2) is 5.78 Å². The van der Waals surface area contributed by atoms with Crippen molar-refractivity contribution in [2.45, 2.75) is 0 Å². The van der Waals surface area contributed by atoms with Crippen LogP contribution in [0.5, 0.6) is 0 Å². The average molecular weight is 436 g/mol. The van der Waals surface area contributed by atoms with E-state index in [-0.39, 0.29) is 11.3 Å². The summed E-state index contributed by atoms with van der Waals surface area (Å²) < 4.78 is 6.74. The fourth-order valence-electron chi connectivity index (χ4n) is 3.56. The van der Waals surface area contributed by atoms with Gasteiger partial charge in [-0.15, -0.1) is 0 Å². The molecule has 0 unspecified atom stereocenters. The van der Waals surface area contributed by atoms with Gasteiger partial charge >= 0.3 is 0 Å². The number of ether oxygens (including phenoxy) is 1. The van der Waals surface area contributed by atoms with Crippen LogP contribution < -0.4 is 10.5 Å². The highest BCUT2D eigenvalue weighted by atomic mass is 35.5. The first-order valence-electron chi connectivity index (χ1n) is 10.0. The Morgan fingerprint density at radius 3 is 2.42 bits per heavy atom. The molecular weight excluding hydrogens is 414 g/mol. The molecule has 31 heavy (non-hydrogen) atoms. The fraction of sp³-hybridized carbons (Fsp3) is 0.208. The summed E-state index contributed by atoms with van der Waals surface area (Å²) in [6.07, 6.45) is 3.20. The number of hydrogen-bond acceptors (Lipinski definition) is 5. The maximum absolute atomic E-state index is 13.4. The van der Waals surface area contributed by atoms with E-state index < -0.39 is 0 Å². The Balaban J connectivity index is 1.86. The van der Waals surface area contributed by atoms with E-state index in [0.717, 1.165) is 11.1 Å². The van der Waals surface area contributed by atoms with Crippen molar-refractivity contribution in [3.63, 3.8) is 0 Å². The van der Waals surface area contributed by atoms with Crippen LogP contribution in [0.4, 0.5) is 5.69 Å². The van der Waals surface area contributed by atoms with E-state index in [2.05, 4.69) is 5.10 Å². The van der Waals surface area contributed by atoms with Crippen LogP contribution in [0, 0.1) is 0 Å². The third-order valence-electron chi connectivity index (χ3n) is 5.14. The molecule has 0 atom stereocenters. The standard InChI is InChI=1S/C24H22ClN3O3/c1-27-24(30)23(28-13-15-31-16-14-28)21(22(26-27)18-5-3-2-4-6-18)20(29)12-9-17-7-10-19(25)11-8-17/h2-12H,13-16H2,1H3/b12-9-. The van der Waals surface area contributed by atoms with Crippen molar-refractivity contribution in [3.05, 3.63) is 87.2 Å². The van der Waals surface area contributed by atoms with Gasteiger partial charge in [0.2, 0.25) is 0 Å². The minimum atomic E-state index is -0.301. The van der Waals surface area contributed by atoms with Gasteiger partial charge in [-0.1, -0.05) is 60.1 Å². The van der Waals surface area contributed by atoms with Gasteiger partial charge in [-0.3, -0.25) is 9.59 Å². The summed E-state index contributed by atoms with van der Waals surface area (Å²) in [6, 6.07) is 16.6. The van der Waals surface area contributed by atoms with Crippen molar-refractivity contribution in [1.29, 1.82) is 0 Å². The minimum absolute atomic E-state index is 0.277. The van der Waals surface area contributed by atoms with Gasteiger partial charge < -0.3 is 9.64 Å². The fourth-order valence-corrected chi connectivity index (χ4v) is 3.68. The lowest BCUT2D eigenvalue weighted by atomic mass is 10.00. The molecule has 0 radical (unpaired) electrons. The molecule has 2 heterocycles. The molecule has 3 aromatic rings. The second kappa shape index (κ2) is 9.29. The quantitative estimate of drug-likeness (QED) is 0.450. The zero-order valence-electron chi connectivity index (χ0n) is 17.1. The lowest BCUT2D eigenvalue weighted by Gasteiger charge is -2.30. The van der Waals surface area contributed by atoms with Crippen molar-refractivity contribution in [2.75, 3.05) is 31.2 Å². The van der Waals surface area contributed by atoms with Gasteiger partial charge in [0.05, 0.1) is 18.8 Å². The van der Waals surface area contributed by atoms with E-state index in [1.54, 1.807) is 25.3 Å². The Morgan fingerprint density at radius 2 is 1.74 bits per heavy atom. The number of aromatic nitrogens is 2. The molecule has 0 spiro atoms. The van der Waals surface area contributed by atoms with Crippen LogP contribution in [0.3, 0.4) is 0 Å². The van der Waals surface area contributed by atoms with Gasteiger partial charge in [0.1, 0.15) is 11.4 Å². The van der Waals surface area contributed by atoms with Gasteiger partial charge in [0.25, 0.3) is 5.56 Å². The second-order valence-corrected chi connectivity index (χ2v) is 7.65. The number of rotatable bonds is 5. The monoisotopic (exact) mass is 435 g/mol. The summed E-state index contributed by atoms with van der Waals surface area (Å²) in [5.41, 5.74) is 2.46. The number of nitrogens with zero attached hydrogens (tertiary/aromatic N) is 3. The SMILES string of the molecule is Cn1nc(-c2ccccc2)c(C(=O)/C=C\c2ccc(Cl)cc2)c(N2CCOCC2)c1=O. The number of aryl methyl sites for hydroxylation is 1. The van der Waals surface area contributed by atoms with Gasteiger partial charge in [-0.25, -0.2) is 4.68 Å². The molecule has 0 saturated carbocycles. The second-order valence-electron chi connectivity index (χ2n) is 7.22. The molecule has 2 aromatic carbocycles. The third kappa shape index (κ3) is 4.60. The van der Waals surface area contributed by atoms with Crippen LogP contribution in [0.25, 0.3) is 17.3 Å². The number of benzene rings is 2. The van der Waals surface area contributed by atoms with E-state index in [4.69, 9.17) is 16.3 Å². The Bertz CT molecular complexity index is 1170. The maximum Gasteiger partial charge on any atom is 0.290 e. The van der Waals surface area contributed by atoms with E-state index in [1.807, 2.05) is 47.4 Å². The smallest absolute Gasteiger partial charge is 0.290 e. The van der Waals surface area contributed by atoms with Crippen LogP contribution >= 0.6 is 11.6 Å². The molecule has 6 nitrogen and oxygen atoms in total. The molecule has 1 fully saturated rings. The van der Waals surface area contributed by atoms with Gasteiger partial charge in [0, 0.05) is 30.7 Å². The molecule has 0 bridgehead atoms. The van der Waals surface area contributed by atoms with Crippen LogP contribution in [0.2, 0.25) is 5.02 Å². The van der Waals surface area contributed by atoms with Crippen LogP contribution in [0.15, 0.2) is 65.5 Å². The van der Waals surface area contributed by atoms with Gasteiger partial charge in [-0.05, 0) is 23.8 Å². The highest BCUT2D eigenvalue weighted by Gasteiger charge is 2.27. The zero-order valence-corrected chi connectivity index (χ0v) is 17.9. The minimum Gasteiger partial charge on any atom is -0.378 e. The van der Waals surface area contributed by atoms with E-state index in [9.17, 15) is 9.59 Å². The molecule has 0 aliphatic carbocycles.